The molecule has 2 heterocycles. The minimum atomic E-state index is -0.424. The Bertz CT molecular complexity index is 1430. The molecule has 0 radical (unpaired) electrons. The van der Waals surface area contributed by atoms with Crippen molar-refractivity contribution in [2.24, 2.45) is 5.73 Å². The van der Waals surface area contributed by atoms with Gasteiger partial charge < -0.3 is 10.6 Å². The molecule has 3 aromatic carbocycles. The van der Waals surface area contributed by atoms with Crippen molar-refractivity contribution in [3.63, 3.8) is 0 Å². The highest BCUT2D eigenvalue weighted by molar-refractivity contribution is 6.30. The summed E-state index contributed by atoms with van der Waals surface area (Å²) in [5.74, 6) is 1.42. The van der Waals surface area contributed by atoms with Gasteiger partial charge in [-0.1, -0.05) is 66.6 Å². The highest BCUT2D eigenvalue weighted by Gasteiger charge is 2.45. The SMILES string of the molecule is NC(=O)c1cccc(Cn2c(N3CCc4cc(Cl)ccc4C3)nnc2C2(c3ccccc3)CCC2)c1. The van der Waals surface area contributed by atoms with E-state index in [1.165, 1.54) is 16.7 Å². The van der Waals surface area contributed by atoms with Crippen LogP contribution in [0.4, 0.5) is 5.95 Å². The van der Waals surface area contributed by atoms with Crippen molar-refractivity contribution in [2.45, 2.75) is 44.2 Å². The van der Waals surface area contributed by atoms with Gasteiger partial charge in [0, 0.05) is 23.7 Å². The van der Waals surface area contributed by atoms with Crippen LogP contribution in [-0.4, -0.2) is 27.2 Å². The average molecular weight is 498 g/mol. The van der Waals surface area contributed by atoms with Gasteiger partial charge in [0.05, 0.1) is 12.0 Å². The number of aromatic nitrogens is 3. The molecular weight excluding hydrogens is 470 g/mol. The Hall–Kier alpha value is -3.64. The molecule has 1 aliphatic carbocycles. The highest BCUT2D eigenvalue weighted by Crippen LogP contribution is 2.49. The number of anilines is 1. The lowest BCUT2D eigenvalue weighted by Gasteiger charge is -2.42. The molecule has 0 saturated heterocycles. The van der Waals surface area contributed by atoms with Gasteiger partial charge in [0.15, 0.2) is 0 Å². The van der Waals surface area contributed by atoms with E-state index < -0.39 is 5.91 Å². The number of hydrogen-bond donors (Lipinski definition) is 1. The van der Waals surface area contributed by atoms with Crippen LogP contribution in [0.2, 0.25) is 5.02 Å². The summed E-state index contributed by atoms with van der Waals surface area (Å²) < 4.78 is 2.26. The van der Waals surface area contributed by atoms with Crippen LogP contribution in [0.1, 0.15) is 57.7 Å². The lowest BCUT2D eigenvalue weighted by Crippen LogP contribution is -2.39. The first kappa shape index (κ1) is 22.8. The smallest absolute Gasteiger partial charge is 0.248 e. The Morgan fingerprint density at radius 2 is 1.81 bits per heavy atom. The Kier molecular flexibility index (Phi) is 5.76. The summed E-state index contributed by atoms with van der Waals surface area (Å²) in [5.41, 5.74) is 10.8. The summed E-state index contributed by atoms with van der Waals surface area (Å²) in [6, 6.07) is 24.3. The fraction of sp³-hybridized carbons (Fsp3) is 0.276. The van der Waals surface area contributed by atoms with Crippen LogP contribution >= 0.6 is 11.6 Å². The first-order chi connectivity index (χ1) is 17.5. The first-order valence-corrected chi connectivity index (χ1v) is 12.8. The van der Waals surface area contributed by atoms with Crippen molar-refractivity contribution in [1.29, 1.82) is 0 Å². The van der Waals surface area contributed by atoms with E-state index in [0.717, 1.165) is 61.1 Å². The second-order valence-corrected chi connectivity index (χ2v) is 10.3. The predicted octanol–water partition coefficient (Wildman–Crippen LogP) is 5.11. The van der Waals surface area contributed by atoms with Gasteiger partial charge in [0.2, 0.25) is 11.9 Å². The van der Waals surface area contributed by atoms with Crippen molar-refractivity contribution in [1.82, 2.24) is 14.8 Å². The van der Waals surface area contributed by atoms with Gasteiger partial charge in [-0.2, -0.15) is 0 Å². The van der Waals surface area contributed by atoms with Gasteiger partial charge in [-0.05, 0) is 65.8 Å². The van der Waals surface area contributed by atoms with Crippen LogP contribution in [0.3, 0.4) is 0 Å². The zero-order valence-electron chi connectivity index (χ0n) is 20.0. The summed E-state index contributed by atoms with van der Waals surface area (Å²) in [7, 11) is 0. The number of nitrogens with zero attached hydrogens (tertiary/aromatic N) is 4. The van der Waals surface area contributed by atoms with E-state index in [2.05, 4.69) is 51.9 Å². The second-order valence-electron chi connectivity index (χ2n) is 9.86. The molecule has 0 atom stereocenters. The number of carbonyl (C=O) groups is 1. The third-order valence-corrected chi connectivity index (χ3v) is 7.94. The predicted molar refractivity (Wildman–Crippen MR) is 141 cm³/mol. The van der Waals surface area contributed by atoms with E-state index in [4.69, 9.17) is 27.5 Å². The molecule has 1 aromatic heterocycles. The summed E-state index contributed by atoms with van der Waals surface area (Å²) in [6.07, 6.45) is 4.14. The minimum Gasteiger partial charge on any atom is -0.366 e. The number of hydrogen-bond acceptors (Lipinski definition) is 4. The van der Waals surface area contributed by atoms with Gasteiger partial charge in [-0.15, -0.1) is 10.2 Å². The van der Waals surface area contributed by atoms with Crippen LogP contribution < -0.4 is 10.6 Å². The molecular formula is C29H28ClN5O. The number of rotatable bonds is 6. The molecule has 0 spiro atoms. The average Bonchev–Trinajstić information content (AvgIpc) is 3.27. The fourth-order valence-corrected chi connectivity index (χ4v) is 5.85. The molecule has 0 unspecified atom stereocenters. The van der Waals surface area contributed by atoms with E-state index >= 15 is 0 Å². The van der Waals surface area contributed by atoms with Crippen LogP contribution in [0.15, 0.2) is 72.8 Å². The van der Waals surface area contributed by atoms with Crippen LogP contribution in [0.25, 0.3) is 0 Å². The summed E-state index contributed by atoms with van der Waals surface area (Å²) in [5, 5.41) is 10.4. The molecule has 1 aliphatic heterocycles. The van der Waals surface area contributed by atoms with Crippen molar-refractivity contribution < 1.29 is 4.79 Å². The molecule has 7 heteroatoms. The Labute approximate surface area is 215 Å². The number of primary amides is 1. The number of nitrogens with two attached hydrogens (primary N) is 1. The van der Waals surface area contributed by atoms with Gasteiger partial charge in [-0.3, -0.25) is 9.36 Å². The number of benzene rings is 3. The van der Waals surface area contributed by atoms with Gasteiger partial charge in [0.25, 0.3) is 0 Å². The lowest BCUT2D eigenvalue weighted by atomic mass is 9.64. The summed E-state index contributed by atoms with van der Waals surface area (Å²) in [4.78, 5) is 14.2. The van der Waals surface area contributed by atoms with E-state index in [1.54, 1.807) is 6.07 Å². The zero-order chi connectivity index (χ0) is 24.7. The van der Waals surface area contributed by atoms with Crippen molar-refractivity contribution in [3.05, 3.63) is 111 Å². The third-order valence-electron chi connectivity index (χ3n) is 7.71. The van der Waals surface area contributed by atoms with Gasteiger partial charge >= 0.3 is 0 Å². The topological polar surface area (TPSA) is 77.0 Å². The Balaban J connectivity index is 1.44. The molecule has 2 N–H and O–H groups in total. The van der Waals surface area contributed by atoms with E-state index in [0.29, 0.717) is 12.1 Å². The highest BCUT2D eigenvalue weighted by atomic mass is 35.5. The maximum Gasteiger partial charge on any atom is 0.248 e. The number of fused-ring (bicyclic) bond motifs is 1. The summed E-state index contributed by atoms with van der Waals surface area (Å²) in [6.45, 7) is 2.16. The second kappa shape index (κ2) is 9.10. The van der Waals surface area contributed by atoms with Crippen LogP contribution in [-0.2, 0) is 24.9 Å². The molecule has 6 nitrogen and oxygen atoms in total. The normalized spacial score (nSPS) is 16.3. The molecule has 1 amide bonds. The molecule has 1 fully saturated rings. The molecule has 6 rings (SSSR count). The molecule has 36 heavy (non-hydrogen) atoms. The first-order valence-electron chi connectivity index (χ1n) is 12.4. The number of amides is 1. The fourth-order valence-electron chi connectivity index (χ4n) is 5.66. The summed E-state index contributed by atoms with van der Waals surface area (Å²) >= 11 is 6.24. The third kappa shape index (κ3) is 3.95. The minimum absolute atomic E-state index is 0.158. The molecule has 0 bridgehead atoms. The quantitative estimate of drug-likeness (QED) is 0.401. The lowest BCUT2D eigenvalue weighted by molar-refractivity contribution is 0.1000. The standard InChI is InChI=1S/C29H28ClN5O/c30-25-11-10-23-19-34(15-12-21(23)17-25)28-33-32-27(29(13-5-14-29)24-8-2-1-3-9-24)35(28)18-20-6-4-7-22(16-20)26(31)36/h1-4,6-11,16-17H,5,12-15,18-19H2,(H2,31,36). The molecule has 2 aliphatic rings. The maximum absolute atomic E-state index is 11.9. The maximum atomic E-state index is 11.9. The van der Waals surface area contributed by atoms with Crippen molar-refractivity contribution in [3.8, 4) is 0 Å². The molecule has 1 saturated carbocycles. The van der Waals surface area contributed by atoms with Crippen LogP contribution in [0, 0.1) is 0 Å². The van der Waals surface area contributed by atoms with E-state index in [-0.39, 0.29) is 5.41 Å². The van der Waals surface area contributed by atoms with Crippen LogP contribution in [0.5, 0.6) is 0 Å². The molecule has 182 valence electrons. The zero-order valence-corrected chi connectivity index (χ0v) is 20.8. The Morgan fingerprint density at radius 3 is 2.56 bits per heavy atom. The van der Waals surface area contributed by atoms with E-state index in [1.807, 2.05) is 24.3 Å². The largest absolute Gasteiger partial charge is 0.366 e. The van der Waals surface area contributed by atoms with E-state index in [9.17, 15) is 4.79 Å². The molecule has 4 aromatic rings. The number of halogens is 1. The van der Waals surface area contributed by atoms with Crippen molar-refractivity contribution >= 4 is 23.5 Å². The number of carbonyl (C=O) groups excluding carboxylic acids is 1. The van der Waals surface area contributed by atoms with Gasteiger partial charge in [0.1, 0.15) is 5.82 Å². The van der Waals surface area contributed by atoms with Gasteiger partial charge in [-0.25, -0.2) is 0 Å². The van der Waals surface area contributed by atoms with Crippen molar-refractivity contribution in [2.75, 3.05) is 11.4 Å². The Morgan fingerprint density at radius 1 is 0.972 bits per heavy atom. The monoisotopic (exact) mass is 497 g/mol.